The first-order valence-corrected chi connectivity index (χ1v) is 10.2. The second-order valence-corrected chi connectivity index (χ2v) is 7.21. The predicted molar refractivity (Wildman–Crippen MR) is 107 cm³/mol. The van der Waals surface area contributed by atoms with Crippen LogP contribution in [-0.2, 0) is 9.53 Å². The molecule has 0 spiro atoms. The van der Waals surface area contributed by atoms with Crippen molar-refractivity contribution in [3.8, 4) is 0 Å². The number of carbonyl (C=O) groups is 2. The standard InChI is InChI=1S/C20H33N5O3/c1-17-6-3-4-11-24(17)12-5-8-23-19(26)7-13-25(14-15-28-2)20(27)18-16-21-9-10-22-18/h9-10,16-17H,3-8,11-15H2,1-2H3,(H,23,26). The van der Waals surface area contributed by atoms with Gasteiger partial charge in [0.25, 0.3) is 5.91 Å². The molecule has 2 heterocycles. The van der Waals surface area contributed by atoms with Crippen molar-refractivity contribution in [2.75, 3.05) is 46.4 Å². The Morgan fingerprint density at radius 1 is 1.32 bits per heavy atom. The molecule has 2 amide bonds. The molecular weight excluding hydrogens is 358 g/mol. The zero-order chi connectivity index (χ0) is 20.2. The number of rotatable bonds is 11. The van der Waals surface area contributed by atoms with Gasteiger partial charge in [0.05, 0.1) is 12.8 Å². The monoisotopic (exact) mass is 391 g/mol. The van der Waals surface area contributed by atoms with E-state index in [9.17, 15) is 9.59 Å². The van der Waals surface area contributed by atoms with E-state index in [2.05, 4.69) is 27.1 Å². The van der Waals surface area contributed by atoms with Crippen molar-refractivity contribution in [2.24, 2.45) is 0 Å². The van der Waals surface area contributed by atoms with Gasteiger partial charge in [-0.2, -0.15) is 0 Å². The van der Waals surface area contributed by atoms with Crippen LogP contribution in [0.25, 0.3) is 0 Å². The highest BCUT2D eigenvalue weighted by molar-refractivity contribution is 5.92. The number of ether oxygens (including phenoxy) is 1. The summed E-state index contributed by atoms with van der Waals surface area (Å²) in [6.07, 6.45) is 9.51. The van der Waals surface area contributed by atoms with Crippen LogP contribution < -0.4 is 5.32 Å². The fourth-order valence-corrected chi connectivity index (χ4v) is 3.41. The first kappa shape index (κ1) is 22.2. The minimum atomic E-state index is -0.239. The van der Waals surface area contributed by atoms with Gasteiger partial charge in [-0.05, 0) is 32.7 Å². The summed E-state index contributed by atoms with van der Waals surface area (Å²) in [4.78, 5) is 36.8. The van der Waals surface area contributed by atoms with Gasteiger partial charge in [-0.3, -0.25) is 14.6 Å². The third-order valence-electron chi connectivity index (χ3n) is 5.13. The Morgan fingerprint density at radius 3 is 2.89 bits per heavy atom. The van der Waals surface area contributed by atoms with Crippen LogP contribution in [0.4, 0.5) is 0 Å². The Morgan fingerprint density at radius 2 is 2.18 bits per heavy atom. The summed E-state index contributed by atoms with van der Waals surface area (Å²) in [5, 5.41) is 2.96. The van der Waals surface area contributed by atoms with Crippen LogP contribution in [0.5, 0.6) is 0 Å². The molecule has 1 unspecified atom stereocenters. The molecule has 1 aliphatic rings. The third-order valence-corrected chi connectivity index (χ3v) is 5.13. The number of likely N-dealkylation sites (tertiary alicyclic amines) is 1. The van der Waals surface area contributed by atoms with Crippen LogP contribution in [0.2, 0.25) is 0 Å². The van der Waals surface area contributed by atoms with Gasteiger partial charge in [0.2, 0.25) is 5.91 Å². The van der Waals surface area contributed by atoms with Crippen molar-refractivity contribution >= 4 is 11.8 Å². The molecule has 1 aromatic heterocycles. The first-order valence-electron chi connectivity index (χ1n) is 10.2. The van der Waals surface area contributed by atoms with Gasteiger partial charge in [-0.15, -0.1) is 0 Å². The number of piperidine rings is 1. The van der Waals surface area contributed by atoms with Gasteiger partial charge in [0, 0.05) is 58.1 Å². The van der Waals surface area contributed by atoms with Crippen molar-refractivity contribution in [1.82, 2.24) is 25.1 Å². The van der Waals surface area contributed by atoms with Crippen molar-refractivity contribution in [3.63, 3.8) is 0 Å². The predicted octanol–water partition coefficient (Wildman–Crippen LogP) is 1.34. The van der Waals surface area contributed by atoms with Crippen LogP contribution in [0.15, 0.2) is 18.6 Å². The molecule has 0 aromatic carbocycles. The molecule has 1 fully saturated rings. The van der Waals surface area contributed by atoms with E-state index < -0.39 is 0 Å². The molecule has 0 bridgehead atoms. The van der Waals surface area contributed by atoms with Crippen molar-refractivity contribution in [2.45, 2.75) is 45.1 Å². The highest BCUT2D eigenvalue weighted by Crippen LogP contribution is 2.16. The van der Waals surface area contributed by atoms with Gasteiger partial charge in [-0.25, -0.2) is 4.98 Å². The van der Waals surface area contributed by atoms with Crippen LogP contribution in [-0.4, -0.2) is 84.1 Å². The largest absolute Gasteiger partial charge is 0.383 e. The SMILES string of the molecule is COCCN(CCC(=O)NCCCN1CCCCC1C)C(=O)c1cnccn1. The highest BCUT2D eigenvalue weighted by atomic mass is 16.5. The fraction of sp³-hybridized carbons (Fsp3) is 0.700. The average Bonchev–Trinajstić information content (AvgIpc) is 2.72. The lowest BCUT2D eigenvalue weighted by molar-refractivity contribution is -0.121. The molecule has 8 nitrogen and oxygen atoms in total. The van der Waals surface area contributed by atoms with E-state index in [1.807, 2.05) is 0 Å². The zero-order valence-electron chi connectivity index (χ0n) is 17.1. The summed E-state index contributed by atoms with van der Waals surface area (Å²) in [7, 11) is 1.58. The van der Waals surface area contributed by atoms with Crippen LogP contribution in [0.1, 0.15) is 49.5 Å². The molecule has 1 aromatic rings. The molecular formula is C20H33N5O3. The third kappa shape index (κ3) is 7.52. The molecule has 0 radical (unpaired) electrons. The van der Waals surface area contributed by atoms with Gasteiger partial charge in [0.1, 0.15) is 5.69 Å². The molecule has 28 heavy (non-hydrogen) atoms. The van der Waals surface area contributed by atoms with Crippen LogP contribution in [0, 0.1) is 0 Å². The van der Waals surface area contributed by atoms with Gasteiger partial charge >= 0.3 is 0 Å². The van der Waals surface area contributed by atoms with Gasteiger partial charge in [0.15, 0.2) is 0 Å². The maximum atomic E-state index is 12.6. The summed E-state index contributed by atoms with van der Waals surface area (Å²) in [5.74, 6) is -0.280. The van der Waals surface area contributed by atoms with E-state index in [0.717, 1.165) is 19.5 Å². The van der Waals surface area contributed by atoms with E-state index in [0.29, 0.717) is 32.3 Å². The van der Waals surface area contributed by atoms with E-state index in [-0.39, 0.29) is 23.9 Å². The first-order chi connectivity index (χ1) is 13.6. The Balaban J connectivity index is 1.70. The molecule has 0 saturated carbocycles. The summed E-state index contributed by atoms with van der Waals surface area (Å²) < 4.78 is 5.08. The summed E-state index contributed by atoms with van der Waals surface area (Å²) >= 11 is 0. The summed E-state index contributed by atoms with van der Waals surface area (Å²) in [6.45, 7) is 6.26. The number of amides is 2. The van der Waals surface area contributed by atoms with E-state index in [1.54, 1.807) is 12.0 Å². The minimum absolute atomic E-state index is 0.0407. The fourth-order valence-electron chi connectivity index (χ4n) is 3.41. The number of hydrogen-bond donors (Lipinski definition) is 1. The molecule has 8 heteroatoms. The Kier molecular flexibility index (Phi) is 9.85. The molecule has 1 saturated heterocycles. The highest BCUT2D eigenvalue weighted by Gasteiger charge is 2.19. The lowest BCUT2D eigenvalue weighted by atomic mass is 10.0. The molecule has 1 atom stereocenters. The Bertz CT molecular complexity index is 599. The topological polar surface area (TPSA) is 87.7 Å². The van der Waals surface area contributed by atoms with Gasteiger partial charge < -0.3 is 19.9 Å². The number of nitrogens with zero attached hydrogens (tertiary/aromatic N) is 4. The maximum absolute atomic E-state index is 12.6. The Labute approximate surface area is 167 Å². The second kappa shape index (κ2) is 12.4. The van der Waals surface area contributed by atoms with Crippen molar-refractivity contribution in [1.29, 1.82) is 0 Å². The zero-order valence-corrected chi connectivity index (χ0v) is 17.1. The number of methoxy groups -OCH3 is 1. The molecule has 1 N–H and O–H groups in total. The molecule has 2 rings (SSSR count). The van der Waals surface area contributed by atoms with E-state index in [4.69, 9.17) is 4.74 Å². The van der Waals surface area contributed by atoms with E-state index in [1.165, 1.54) is 37.9 Å². The van der Waals surface area contributed by atoms with E-state index >= 15 is 0 Å². The van der Waals surface area contributed by atoms with Crippen LogP contribution >= 0.6 is 0 Å². The number of aromatic nitrogens is 2. The molecule has 156 valence electrons. The normalized spacial score (nSPS) is 17.3. The minimum Gasteiger partial charge on any atom is -0.383 e. The maximum Gasteiger partial charge on any atom is 0.274 e. The lowest BCUT2D eigenvalue weighted by Gasteiger charge is -2.33. The average molecular weight is 392 g/mol. The van der Waals surface area contributed by atoms with Crippen molar-refractivity contribution < 1.29 is 14.3 Å². The summed E-state index contributed by atoms with van der Waals surface area (Å²) in [6, 6.07) is 0.644. The number of carbonyl (C=O) groups excluding carboxylic acids is 2. The molecule has 1 aliphatic heterocycles. The Hall–Kier alpha value is -2.06. The molecule has 0 aliphatic carbocycles. The second-order valence-electron chi connectivity index (χ2n) is 7.21. The lowest BCUT2D eigenvalue weighted by Crippen LogP contribution is -2.40. The summed E-state index contributed by atoms with van der Waals surface area (Å²) in [5.41, 5.74) is 0.273. The smallest absolute Gasteiger partial charge is 0.274 e. The van der Waals surface area contributed by atoms with Gasteiger partial charge in [-0.1, -0.05) is 6.42 Å². The number of hydrogen-bond acceptors (Lipinski definition) is 6. The van der Waals surface area contributed by atoms with Crippen molar-refractivity contribution in [3.05, 3.63) is 24.3 Å². The quantitative estimate of drug-likeness (QED) is 0.573. The van der Waals surface area contributed by atoms with Crippen LogP contribution in [0.3, 0.4) is 0 Å². The number of nitrogens with one attached hydrogen (secondary N) is 1.